The van der Waals surface area contributed by atoms with Crippen LogP contribution in [0.25, 0.3) is 0 Å². The number of amidine groups is 1. The summed E-state index contributed by atoms with van der Waals surface area (Å²) in [6.45, 7) is 8.14. The van der Waals surface area contributed by atoms with Crippen molar-refractivity contribution >= 4 is 5.84 Å². The highest BCUT2D eigenvalue weighted by Crippen LogP contribution is 2.14. The molecule has 20 heavy (non-hydrogen) atoms. The number of aliphatic hydroxyl groups excluding tert-OH is 1. The molecule has 0 atom stereocenters. The van der Waals surface area contributed by atoms with Gasteiger partial charge in [-0.1, -0.05) is 12.1 Å². The Hall–Kier alpha value is -1.43. The maximum absolute atomic E-state index is 8.94. The van der Waals surface area contributed by atoms with Gasteiger partial charge in [-0.05, 0) is 24.1 Å². The van der Waals surface area contributed by atoms with Gasteiger partial charge in [-0.2, -0.15) is 0 Å². The first-order valence-electron chi connectivity index (χ1n) is 7.09. The fraction of sp³-hybridized carbons (Fsp3) is 0.533. The second-order valence-corrected chi connectivity index (χ2v) is 5.40. The maximum atomic E-state index is 8.94. The van der Waals surface area contributed by atoms with E-state index < -0.39 is 0 Å². The molecule has 1 aliphatic rings. The van der Waals surface area contributed by atoms with E-state index in [0.29, 0.717) is 0 Å². The second kappa shape index (κ2) is 6.83. The van der Waals surface area contributed by atoms with Crippen LogP contribution in [0.3, 0.4) is 0 Å². The number of nitrogen functional groups attached to an aromatic ring is 1. The van der Waals surface area contributed by atoms with Crippen molar-refractivity contribution < 1.29 is 5.11 Å². The third-order valence-corrected chi connectivity index (χ3v) is 3.93. The topological polar surface area (TPSA) is 76.6 Å². The Labute approximate surface area is 120 Å². The molecule has 0 amide bonds. The van der Waals surface area contributed by atoms with E-state index in [0.717, 1.165) is 44.8 Å². The Bertz CT molecular complexity index is 467. The van der Waals surface area contributed by atoms with Gasteiger partial charge in [0.2, 0.25) is 0 Å². The Morgan fingerprint density at radius 3 is 2.45 bits per heavy atom. The Balaban J connectivity index is 1.93. The van der Waals surface area contributed by atoms with Crippen molar-refractivity contribution in [3.8, 4) is 0 Å². The van der Waals surface area contributed by atoms with Crippen LogP contribution in [0.1, 0.15) is 16.7 Å². The predicted octanol–water partition coefficient (Wildman–Crippen LogP) is 0.389. The summed E-state index contributed by atoms with van der Waals surface area (Å²) in [5.41, 5.74) is 8.79. The van der Waals surface area contributed by atoms with Gasteiger partial charge in [0.15, 0.2) is 0 Å². The molecule has 5 nitrogen and oxygen atoms in total. The average molecular weight is 276 g/mol. The number of nitrogens with zero attached hydrogens (tertiary/aromatic N) is 2. The van der Waals surface area contributed by atoms with Crippen LogP contribution >= 0.6 is 0 Å². The molecule has 110 valence electrons. The Morgan fingerprint density at radius 1 is 1.25 bits per heavy atom. The van der Waals surface area contributed by atoms with Gasteiger partial charge in [-0.3, -0.25) is 15.2 Å². The second-order valence-electron chi connectivity index (χ2n) is 5.40. The fourth-order valence-electron chi connectivity index (χ4n) is 2.59. The number of rotatable bonds is 5. The normalized spacial score (nSPS) is 17.3. The standard InChI is InChI=1S/C15H24N4O/c1-12-10-13(15(16)17)2-3-14(12)11-19-6-4-18(5-7-19)8-9-20/h2-3,10,20H,4-9,11H2,1H3,(H3,16,17). The molecule has 0 radical (unpaired) electrons. The number of benzene rings is 1. The van der Waals surface area contributed by atoms with E-state index in [2.05, 4.69) is 22.8 Å². The van der Waals surface area contributed by atoms with Crippen molar-refractivity contribution in [3.05, 3.63) is 34.9 Å². The van der Waals surface area contributed by atoms with Crippen LogP contribution in [0.2, 0.25) is 0 Å². The summed E-state index contributed by atoms with van der Waals surface area (Å²) in [4.78, 5) is 4.73. The molecule has 4 N–H and O–H groups in total. The first-order valence-corrected chi connectivity index (χ1v) is 7.09. The molecule has 0 spiro atoms. The van der Waals surface area contributed by atoms with Crippen LogP contribution < -0.4 is 5.73 Å². The van der Waals surface area contributed by atoms with Crippen LogP contribution in [-0.2, 0) is 6.54 Å². The zero-order valence-corrected chi connectivity index (χ0v) is 12.1. The van der Waals surface area contributed by atoms with E-state index in [1.54, 1.807) is 0 Å². The van der Waals surface area contributed by atoms with E-state index in [9.17, 15) is 0 Å². The van der Waals surface area contributed by atoms with Crippen LogP contribution in [0.15, 0.2) is 18.2 Å². The van der Waals surface area contributed by atoms with Gasteiger partial charge in [0.1, 0.15) is 5.84 Å². The summed E-state index contributed by atoms with van der Waals surface area (Å²) in [6.07, 6.45) is 0. The number of aryl methyl sites for hydroxylation is 1. The molecular weight excluding hydrogens is 252 g/mol. The Morgan fingerprint density at radius 2 is 1.90 bits per heavy atom. The molecule has 0 aromatic heterocycles. The largest absolute Gasteiger partial charge is 0.395 e. The summed E-state index contributed by atoms with van der Waals surface area (Å²) in [7, 11) is 0. The smallest absolute Gasteiger partial charge is 0.122 e. The van der Waals surface area contributed by atoms with E-state index in [4.69, 9.17) is 16.2 Å². The van der Waals surface area contributed by atoms with E-state index in [1.807, 2.05) is 12.1 Å². The molecule has 0 saturated carbocycles. The highest BCUT2D eigenvalue weighted by Gasteiger charge is 2.17. The molecule has 1 heterocycles. The number of hydrogen-bond acceptors (Lipinski definition) is 4. The lowest BCUT2D eigenvalue weighted by atomic mass is 10.0. The zero-order valence-electron chi connectivity index (χ0n) is 12.1. The minimum atomic E-state index is 0.122. The maximum Gasteiger partial charge on any atom is 0.122 e. The van der Waals surface area contributed by atoms with Crippen LogP contribution in [-0.4, -0.2) is 60.1 Å². The molecule has 1 aromatic carbocycles. The highest BCUT2D eigenvalue weighted by atomic mass is 16.3. The van der Waals surface area contributed by atoms with Crippen molar-refractivity contribution in [3.63, 3.8) is 0 Å². The van der Waals surface area contributed by atoms with Gasteiger partial charge in [0.25, 0.3) is 0 Å². The van der Waals surface area contributed by atoms with Crippen molar-refractivity contribution in [1.82, 2.24) is 9.80 Å². The summed E-state index contributed by atoms with van der Waals surface area (Å²) < 4.78 is 0. The molecule has 0 aliphatic carbocycles. The van der Waals surface area contributed by atoms with Gasteiger partial charge in [0, 0.05) is 44.8 Å². The average Bonchev–Trinajstić information content (AvgIpc) is 2.43. The van der Waals surface area contributed by atoms with Gasteiger partial charge in [-0.25, -0.2) is 0 Å². The number of nitrogens with one attached hydrogen (secondary N) is 1. The van der Waals surface area contributed by atoms with Crippen LogP contribution in [0.5, 0.6) is 0 Å². The molecule has 1 aromatic rings. The summed E-state index contributed by atoms with van der Waals surface area (Å²) in [5, 5.41) is 16.4. The molecule has 5 heteroatoms. The first kappa shape index (κ1) is 15.0. The Kier molecular flexibility index (Phi) is 5.11. The SMILES string of the molecule is Cc1cc(C(=N)N)ccc1CN1CCN(CCO)CC1. The molecule has 2 rings (SSSR count). The van der Waals surface area contributed by atoms with E-state index in [-0.39, 0.29) is 12.4 Å². The summed E-state index contributed by atoms with van der Waals surface area (Å²) in [5.74, 6) is 0.122. The highest BCUT2D eigenvalue weighted by molar-refractivity contribution is 5.95. The minimum Gasteiger partial charge on any atom is -0.395 e. The molecule has 0 bridgehead atoms. The third kappa shape index (κ3) is 3.79. The summed E-state index contributed by atoms with van der Waals surface area (Å²) in [6, 6.07) is 5.98. The lowest BCUT2D eigenvalue weighted by Gasteiger charge is -2.34. The molecule has 1 aliphatic heterocycles. The third-order valence-electron chi connectivity index (χ3n) is 3.93. The van der Waals surface area contributed by atoms with Gasteiger partial charge in [-0.15, -0.1) is 0 Å². The first-order chi connectivity index (χ1) is 9.60. The van der Waals surface area contributed by atoms with Crippen molar-refractivity contribution in [2.24, 2.45) is 5.73 Å². The van der Waals surface area contributed by atoms with Crippen molar-refractivity contribution in [2.45, 2.75) is 13.5 Å². The van der Waals surface area contributed by atoms with Crippen LogP contribution in [0.4, 0.5) is 0 Å². The minimum absolute atomic E-state index is 0.122. The summed E-state index contributed by atoms with van der Waals surface area (Å²) >= 11 is 0. The number of aliphatic hydroxyl groups is 1. The zero-order chi connectivity index (χ0) is 14.5. The molecule has 0 unspecified atom stereocenters. The molecular formula is C15H24N4O. The van der Waals surface area contributed by atoms with Crippen LogP contribution in [0, 0.1) is 12.3 Å². The fourth-order valence-corrected chi connectivity index (χ4v) is 2.59. The number of piperazine rings is 1. The number of β-amino-alcohol motifs (C(OH)–C–C–N with tert-alkyl or cyclic N) is 1. The number of nitrogens with two attached hydrogens (primary N) is 1. The molecule has 1 saturated heterocycles. The van der Waals surface area contributed by atoms with Crippen molar-refractivity contribution in [2.75, 3.05) is 39.3 Å². The van der Waals surface area contributed by atoms with Gasteiger partial charge >= 0.3 is 0 Å². The monoisotopic (exact) mass is 276 g/mol. The predicted molar refractivity (Wildman–Crippen MR) is 81.0 cm³/mol. The molecule has 1 fully saturated rings. The van der Waals surface area contributed by atoms with Gasteiger partial charge < -0.3 is 10.8 Å². The number of hydrogen-bond donors (Lipinski definition) is 3. The quantitative estimate of drug-likeness (QED) is 0.537. The lowest BCUT2D eigenvalue weighted by Crippen LogP contribution is -2.46. The van der Waals surface area contributed by atoms with Gasteiger partial charge in [0.05, 0.1) is 6.61 Å². The van der Waals surface area contributed by atoms with E-state index >= 15 is 0 Å². The van der Waals surface area contributed by atoms with E-state index in [1.165, 1.54) is 11.1 Å². The van der Waals surface area contributed by atoms with Crippen molar-refractivity contribution in [1.29, 1.82) is 5.41 Å². The lowest BCUT2D eigenvalue weighted by molar-refractivity contribution is 0.108.